The van der Waals surface area contributed by atoms with Crippen LogP contribution in [0.1, 0.15) is 55.5 Å². The summed E-state index contributed by atoms with van der Waals surface area (Å²) in [5.74, 6) is 1.45. The number of hydrogen-bond acceptors (Lipinski definition) is 2. The zero-order valence-electron chi connectivity index (χ0n) is 16.1. The van der Waals surface area contributed by atoms with Gasteiger partial charge in [0.1, 0.15) is 5.75 Å². The summed E-state index contributed by atoms with van der Waals surface area (Å²) >= 11 is 12.3. The average molecular weight is 425 g/mol. The Morgan fingerprint density at radius 1 is 1.15 bits per heavy atom. The molecule has 146 valence electrons. The quantitative estimate of drug-likeness (QED) is 0.382. The lowest BCUT2D eigenvalue weighted by Gasteiger charge is -2.16. The monoisotopic (exact) mass is 424 g/mol. The second-order valence-electron chi connectivity index (χ2n) is 6.76. The zero-order chi connectivity index (χ0) is 19.8. The second kappa shape index (κ2) is 11.1. The van der Waals surface area contributed by atoms with Crippen molar-refractivity contribution in [3.8, 4) is 5.75 Å². The Morgan fingerprint density at radius 2 is 1.85 bits per heavy atom. The van der Waals surface area contributed by atoms with Gasteiger partial charge in [0.2, 0.25) is 0 Å². The van der Waals surface area contributed by atoms with E-state index in [4.69, 9.17) is 27.9 Å². The lowest BCUT2D eigenvalue weighted by Crippen LogP contribution is -2.12. The highest BCUT2D eigenvalue weighted by Crippen LogP contribution is 2.31. The Kier molecular flexibility index (Phi) is 9.09. The van der Waals surface area contributed by atoms with E-state index in [2.05, 4.69) is 13.8 Å². The number of rotatable bonds is 10. The van der Waals surface area contributed by atoms with Gasteiger partial charge in [0.15, 0.2) is 5.52 Å². The van der Waals surface area contributed by atoms with Gasteiger partial charge in [-0.05, 0) is 63.0 Å². The minimum absolute atomic E-state index is 0.0223. The molecule has 0 saturated heterocycles. The Labute approximate surface area is 174 Å². The summed E-state index contributed by atoms with van der Waals surface area (Å²) in [7, 11) is -0.0223. The number of benzene rings is 2. The van der Waals surface area contributed by atoms with E-state index in [0.717, 1.165) is 29.6 Å². The summed E-state index contributed by atoms with van der Waals surface area (Å²) < 4.78 is 6.00. The summed E-state index contributed by atoms with van der Waals surface area (Å²) in [5, 5.41) is 1.78. The third kappa shape index (κ3) is 6.49. The van der Waals surface area contributed by atoms with Crippen LogP contribution in [-0.2, 0) is 0 Å². The number of hydrogen-bond donors (Lipinski definition) is 0. The molecule has 2 nitrogen and oxygen atoms in total. The van der Waals surface area contributed by atoms with E-state index in [1.165, 1.54) is 19.3 Å². The Morgan fingerprint density at radius 3 is 2.44 bits per heavy atom. The van der Waals surface area contributed by atoms with Gasteiger partial charge in [-0.2, -0.15) is 0 Å². The smallest absolute Gasteiger partial charge is 0.188 e. The van der Waals surface area contributed by atoms with E-state index in [0.29, 0.717) is 21.5 Å². The molecule has 2 aromatic rings. The predicted octanol–water partition coefficient (Wildman–Crippen LogP) is 7.04. The molecular formula is C22H27Cl2O2P. The van der Waals surface area contributed by atoms with Crippen molar-refractivity contribution in [3.63, 3.8) is 0 Å². The fraction of sp³-hybridized carbons (Fsp3) is 0.409. The molecule has 2 unspecified atom stereocenters. The van der Waals surface area contributed by atoms with Crippen molar-refractivity contribution in [2.45, 2.75) is 46.5 Å². The fourth-order valence-corrected chi connectivity index (χ4v) is 4.68. The van der Waals surface area contributed by atoms with Gasteiger partial charge in [0.25, 0.3) is 0 Å². The molecule has 0 spiro atoms. The fourth-order valence-electron chi connectivity index (χ4n) is 2.88. The zero-order valence-corrected chi connectivity index (χ0v) is 18.7. The third-order valence-corrected chi connectivity index (χ3v) is 6.60. The Balaban J connectivity index is 2.03. The van der Waals surface area contributed by atoms with Crippen LogP contribution in [0.5, 0.6) is 5.75 Å². The molecule has 0 aliphatic rings. The van der Waals surface area contributed by atoms with Gasteiger partial charge in [-0.3, -0.25) is 4.79 Å². The predicted molar refractivity (Wildman–Crippen MR) is 119 cm³/mol. The van der Waals surface area contributed by atoms with Gasteiger partial charge in [0, 0.05) is 0 Å². The first-order valence-electron chi connectivity index (χ1n) is 9.45. The molecule has 2 rings (SSSR count). The maximum absolute atomic E-state index is 12.7. The van der Waals surface area contributed by atoms with Crippen LogP contribution >= 0.6 is 31.8 Å². The van der Waals surface area contributed by atoms with Crippen LogP contribution in [0, 0.1) is 12.8 Å². The largest absolute Gasteiger partial charge is 0.493 e. The number of ether oxygens (including phenoxy) is 1. The first kappa shape index (κ1) is 22.2. The lowest BCUT2D eigenvalue weighted by atomic mass is 10.0. The minimum Gasteiger partial charge on any atom is -0.493 e. The van der Waals surface area contributed by atoms with E-state index in [1.54, 1.807) is 18.2 Å². The molecule has 5 heteroatoms. The van der Waals surface area contributed by atoms with Crippen LogP contribution in [0.25, 0.3) is 0 Å². The molecule has 0 amide bonds. The van der Waals surface area contributed by atoms with Crippen molar-refractivity contribution >= 4 is 42.6 Å². The van der Waals surface area contributed by atoms with Crippen molar-refractivity contribution in [2.75, 3.05) is 6.61 Å². The van der Waals surface area contributed by atoms with Crippen LogP contribution in [-0.4, -0.2) is 12.1 Å². The standard InChI is InChI=1S/C22H27Cl2O2P/c1-4-6-8-16(5-2)14-26-17-11-12-20(15(3)13-17)27-22(25)21-18(23)9-7-10-19(21)24/h7,9-13,16,27H,4-6,8,14H2,1-3H3. The van der Waals surface area contributed by atoms with Crippen LogP contribution in [0.2, 0.25) is 10.0 Å². The first-order valence-corrected chi connectivity index (χ1v) is 11.2. The molecule has 0 N–H and O–H groups in total. The molecule has 0 saturated carbocycles. The normalized spacial score (nSPS) is 12.5. The SMILES string of the molecule is CCCCC(CC)COc1ccc(PC(=O)c2c(Cl)cccc2Cl)c(C)c1. The number of aryl methyl sites for hydroxylation is 1. The van der Waals surface area contributed by atoms with Crippen molar-refractivity contribution in [3.05, 3.63) is 57.6 Å². The summed E-state index contributed by atoms with van der Waals surface area (Å²) in [6, 6.07) is 11.1. The highest BCUT2D eigenvalue weighted by atomic mass is 35.5. The van der Waals surface area contributed by atoms with Crippen LogP contribution in [0.15, 0.2) is 36.4 Å². The van der Waals surface area contributed by atoms with E-state index in [9.17, 15) is 4.79 Å². The first-order chi connectivity index (χ1) is 13.0. The maximum atomic E-state index is 12.7. The highest BCUT2D eigenvalue weighted by Gasteiger charge is 2.16. The summed E-state index contributed by atoms with van der Waals surface area (Å²) in [4.78, 5) is 12.7. The van der Waals surface area contributed by atoms with Gasteiger partial charge in [-0.15, -0.1) is 0 Å². The highest BCUT2D eigenvalue weighted by molar-refractivity contribution is 7.66. The van der Waals surface area contributed by atoms with Gasteiger partial charge in [0.05, 0.1) is 22.2 Å². The molecule has 0 aromatic heterocycles. The number of carbonyl (C=O) groups is 1. The van der Waals surface area contributed by atoms with E-state index < -0.39 is 0 Å². The average Bonchev–Trinajstić information content (AvgIpc) is 2.64. The maximum Gasteiger partial charge on any atom is 0.188 e. The van der Waals surface area contributed by atoms with Crippen LogP contribution < -0.4 is 10.0 Å². The summed E-state index contributed by atoms with van der Waals surface area (Å²) in [6.07, 6.45) is 4.80. The summed E-state index contributed by atoms with van der Waals surface area (Å²) in [5.41, 5.74) is 1.40. The molecule has 0 aliphatic carbocycles. The molecule has 0 fully saturated rings. The van der Waals surface area contributed by atoms with E-state index >= 15 is 0 Å². The van der Waals surface area contributed by atoms with Crippen molar-refractivity contribution in [2.24, 2.45) is 5.92 Å². The number of halogens is 2. The molecule has 0 heterocycles. The Bertz CT molecular complexity index is 757. The molecule has 27 heavy (non-hydrogen) atoms. The summed E-state index contributed by atoms with van der Waals surface area (Å²) in [6.45, 7) is 7.18. The van der Waals surface area contributed by atoms with Gasteiger partial charge in [-0.25, -0.2) is 0 Å². The number of unbranched alkanes of at least 4 members (excludes halogenated alkanes) is 1. The molecule has 0 aliphatic heterocycles. The molecule has 0 radical (unpaired) electrons. The van der Waals surface area contributed by atoms with Crippen molar-refractivity contribution < 1.29 is 9.53 Å². The lowest BCUT2D eigenvalue weighted by molar-refractivity contribution is 0.108. The van der Waals surface area contributed by atoms with Crippen LogP contribution in [0.3, 0.4) is 0 Å². The molecule has 0 bridgehead atoms. The van der Waals surface area contributed by atoms with Gasteiger partial charge < -0.3 is 4.74 Å². The van der Waals surface area contributed by atoms with E-state index in [-0.39, 0.29) is 14.1 Å². The van der Waals surface area contributed by atoms with E-state index in [1.807, 2.05) is 25.1 Å². The molecular weight excluding hydrogens is 398 g/mol. The van der Waals surface area contributed by atoms with Gasteiger partial charge in [-0.1, -0.05) is 68.4 Å². The number of carbonyl (C=O) groups excluding carboxylic acids is 1. The molecule has 2 atom stereocenters. The topological polar surface area (TPSA) is 26.3 Å². The van der Waals surface area contributed by atoms with Crippen molar-refractivity contribution in [1.29, 1.82) is 0 Å². The Hall–Kier alpha value is -1.08. The molecule has 2 aromatic carbocycles. The minimum atomic E-state index is -0.0482. The van der Waals surface area contributed by atoms with Crippen LogP contribution in [0.4, 0.5) is 0 Å². The van der Waals surface area contributed by atoms with Gasteiger partial charge >= 0.3 is 0 Å². The van der Waals surface area contributed by atoms with Crippen molar-refractivity contribution in [1.82, 2.24) is 0 Å². The third-order valence-electron chi connectivity index (χ3n) is 4.66. The second-order valence-corrected chi connectivity index (χ2v) is 8.81.